The third kappa shape index (κ3) is 3.96. The van der Waals surface area contributed by atoms with Crippen LogP contribution in [0, 0.1) is 0 Å². The fourth-order valence-corrected chi connectivity index (χ4v) is 4.61. The number of amides is 1. The number of sulfonamides is 1. The summed E-state index contributed by atoms with van der Waals surface area (Å²) in [5, 5.41) is 4.91. The zero-order valence-corrected chi connectivity index (χ0v) is 15.1. The highest BCUT2D eigenvalue weighted by molar-refractivity contribution is 7.92. The Labute approximate surface area is 146 Å². The first-order valence-electron chi connectivity index (χ1n) is 7.86. The summed E-state index contributed by atoms with van der Waals surface area (Å²) in [7, 11) is -3.26. The lowest BCUT2D eigenvalue weighted by Gasteiger charge is -2.29. The molecule has 1 aliphatic heterocycles. The fraction of sp³-hybridized carbons (Fsp3) is 0.353. The number of benzene rings is 1. The van der Waals surface area contributed by atoms with Gasteiger partial charge in [-0.25, -0.2) is 8.42 Å². The van der Waals surface area contributed by atoms with Crippen LogP contribution in [0.25, 0.3) is 0 Å². The van der Waals surface area contributed by atoms with Gasteiger partial charge in [0.25, 0.3) is 0 Å². The molecule has 2 heterocycles. The molecule has 0 aliphatic carbocycles. The van der Waals surface area contributed by atoms with E-state index in [0.29, 0.717) is 13.0 Å². The Bertz CT molecular complexity index is 830. The molecule has 2 aromatic rings. The van der Waals surface area contributed by atoms with Crippen molar-refractivity contribution in [2.24, 2.45) is 0 Å². The Morgan fingerprint density at radius 3 is 2.88 bits per heavy atom. The van der Waals surface area contributed by atoms with Crippen LogP contribution in [0.1, 0.15) is 23.3 Å². The van der Waals surface area contributed by atoms with Gasteiger partial charge in [-0.1, -0.05) is 6.07 Å². The topological polar surface area (TPSA) is 66.5 Å². The van der Waals surface area contributed by atoms with Crippen LogP contribution in [0.15, 0.2) is 35.7 Å². The Morgan fingerprint density at radius 2 is 2.17 bits per heavy atom. The predicted molar refractivity (Wildman–Crippen MR) is 98.2 cm³/mol. The molecule has 0 unspecified atom stereocenters. The SMILES string of the molecule is CS(=O)(=O)N1CCCc2cc(NC(=O)CCc3cccs3)ccc21. The van der Waals surface area contributed by atoms with E-state index in [2.05, 4.69) is 5.32 Å². The first-order valence-corrected chi connectivity index (χ1v) is 10.6. The smallest absolute Gasteiger partial charge is 0.232 e. The largest absolute Gasteiger partial charge is 0.326 e. The van der Waals surface area contributed by atoms with Crippen LogP contribution in [-0.2, 0) is 27.7 Å². The molecule has 0 atom stereocenters. The van der Waals surface area contributed by atoms with Crippen LogP contribution in [-0.4, -0.2) is 27.1 Å². The maximum atomic E-state index is 12.1. The summed E-state index contributed by atoms with van der Waals surface area (Å²) in [4.78, 5) is 13.3. The number of hydrogen-bond acceptors (Lipinski definition) is 4. The molecule has 1 aliphatic rings. The molecule has 1 aromatic heterocycles. The number of anilines is 2. The summed E-state index contributed by atoms with van der Waals surface area (Å²) in [5.41, 5.74) is 2.41. The molecular weight excluding hydrogens is 344 g/mol. The van der Waals surface area contributed by atoms with Crippen LogP contribution in [0.5, 0.6) is 0 Å². The van der Waals surface area contributed by atoms with Crippen molar-refractivity contribution in [2.45, 2.75) is 25.7 Å². The number of hydrogen-bond donors (Lipinski definition) is 1. The molecule has 24 heavy (non-hydrogen) atoms. The quantitative estimate of drug-likeness (QED) is 0.887. The zero-order valence-electron chi connectivity index (χ0n) is 13.5. The maximum Gasteiger partial charge on any atom is 0.232 e. The second-order valence-electron chi connectivity index (χ2n) is 5.91. The van der Waals surface area contributed by atoms with Gasteiger partial charge in [0.15, 0.2) is 0 Å². The van der Waals surface area contributed by atoms with Gasteiger partial charge in [0.1, 0.15) is 0 Å². The average molecular weight is 364 g/mol. The van der Waals surface area contributed by atoms with Gasteiger partial charge in [0.2, 0.25) is 15.9 Å². The highest BCUT2D eigenvalue weighted by Gasteiger charge is 2.24. The molecule has 0 spiro atoms. The number of nitrogens with zero attached hydrogens (tertiary/aromatic N) is 1. The molecule has 1 N–H and O–H groups in total. The molecule has 3 rings (SSSR count). The number of fused-ring (bicyclic) bond motifs is 1. The number of carbonyl (C=O) groups excluding carboxylic acids is 1. The monoisotopic (exact) mass is 364 g/mol. The molecule has 0 saturated heterocycles. The molecule has 128 valence electrons. The van der Waals surface area contributed by atoms with Gasteiger partial charge >= 0.3 is 0 Å². The van der Waals surface area contributed by atoms with E-state index in [-0.39, 0.29) is 5.91 Å². The van der Waals surface area contributed by atoms with E-state index in [1.54, 1.807) is 23.5 Å². The fourth-order valence-electron chi connectivity index (χ4n) is 2.90. The van der Waals surface area contributed by atoms with Crippen molar-refractivity contribution in [1.82, 2.24) is 0 Å². The molecule has 5 nitrogen and oxygen atoms in total. The van der Waals surface area contributed by atoms with E-state index >= 15 is 0 Å². The lowest BCUT2D eigenvalue weighted by atomic mass is 10.0. The highest BCUT2D eigenvalue weighted by Crippen LogP contribution is 2.31. The van der Waals surface area contributed by atoms with Crippen LogP contribution in [0.4, 0.5) is 11.4 Å². The number of carbonyl (C=O) groups is 1. The van der Waals surface area contributed by atoms with E-state index in [0.717, 1.165) is 36.2 Å². The van der Waals surface area contributed by atoms with Gasteiger partial charge < -0.3 is 5.32 Å². The van der Waals surface area contributed by atoms with Crippen molar-refractivity contribution >= 4 is 38.6 Å². The molecule has 0 bridgehead atoms. The standard InChI is InChI=1S/C17H20N2O3S2/c1-24(21,22)19-10-2-4-13-12-14(6-8-16(13)19)18-17(20)9-7-15-5-3-11-23-15/h3,5-6,8,11-12H,2,4,7,9-10H2,1H3,(H,18,20). The highest BCUT2D eigenvalue weighted by atomic mass is 32.2. The summed E-state index contributed by atoms with van der Waals surface area (Å²) in [6.07, 6.45) is 4.00. The third-order valence-electron chi connectivity index (χ3n) is 4.02. The van der Waals surface area contributed by atoms with Gasteiger partial charge in [0.05, 0.1) is 11.9 Å². The number of thiophene rings is 1. The Balaban J connectivity index is 1.68. The predicted octanol–water partition coefficient (Wildman–Crippen LogP) is 3.03. The van der Waals surface area contributed by atoms with Crippen molar-refractivity contribution < 1.29 is 13.2 Å². The van der Waals surface area contributed by atoms with Gasteiger partial charge in [-0.2, -0.15) is 0 Å². The van der Waals surface area contributed by atoms with Crippen LogP contribution >= 0.6 is 11.3 Å². The summed E-state index contributed by atoms with van der Waals surface area (Å²) in [6.45, 7) is 0.512. The molecule has 0 fully saturated rings. The maximum absolute atomic E-state index is 12.1. The van der Waals surface area contributed by atoms with E-state index in [9.17, 15) is 13.2 Å². The second kappa shape index (κ2) is 6.94. The minimum atomic E-state index is -3.26. The minimum Gasteiger partial charge on any atom is -0.326 e. The van der Waals surface area contributed by atoms with Crippen LogP contribution in [0.3, 0.4) is 0 Å². The number of rotatable bonds is 5. The van der Waals surface area contributed by atoms with E-state index in [1.165, 1.54) is 15.4 Å². The van der Waals surface area contributed by atoms with Crippen LogP contribution in [0.2, 0.25) is 0 Å². The van der Waals surface area contributed by atoms with Crippen molar-refractivity contribution in [3.8, 4) is 0 Å². The van der Waals surface area contributed by atoms with E-state index in [1.807, 2.05) is 23.6 Å². The molecule has 1 aromatic carbocycles. The van der Waals surface area contributed by atoms with Gasteiger partial charge in [0, 0.05) is 23.5 Å². The second-order valence-corrected chi connectivity index (χ2v) is 8.85. The first kappa shape index (κ1) is 17.0. The first-order chi connectivity index (χ1) is 11.4. The Morgan fingerprint density at radius 1 is 1.33 bits per heavy atom. The number of nitrogens with one attached hydrogen (secondary N) is 1. The lowest BCUT2D eigenvalue weighted by molar-refractivity contribution is -0.116. The van der Waals surface area contributed by atoms with Crippen molar-refractivity contribution in [3.05, 3.63) is 46.2 Å². The summed E-state index contributed by atoms with van der Waals surface area (Å²) >= 11 is 1.65. The van der Waals surface area contributed by atoms with Gasteiger partial charge in [-0.15, -0.1) is 11.3 Å². The van der Waals surface area contributed by atoms with E-state index in [4.69, 9.17) is 0 Å². The summed E-state index contributed by atoms with van der Waals surface area (Å²) in [5.74, 6) is -0.0286. The molecule has 0 radical (unpaired) electrons. The average Bonchev–Trinajstić information content (AvgIpc) is 3.04. The molecule has 1 amide bonds. The summed E-state index contributed by atoms with van der Waals surface area (Å²) < 4.78 is 25.2. The third-order valence-corrected chi connectivity index (χ3v) is 6.13. The minimum absolute atomic E-state index is 0.0286. The Hall–Kier alpha value is -1.86. The van der Waals surface area contributed by atoms with Crippen molar-refractivity contribution in [1.29, 1.82) is 0 Å². The molecule has 0 saturated carbocycles. The zero-order chi connectivity index (χ0) is 17.2. The van der Waals surface area contributed by atoms with E-state index < -0.39 is 10.0 Å². The lowest BCUT2D eigenvalue weighted by Crippen LogP contribution is -2.34. The molecule has 7 heteroatoms. The van der Waals surface area contributed by atoms with Crippen LogP contribution < -0.4 is 9.62 Å². The number of aryl methyl sites for hydroxylation is 2. The van der Waals surface area contributed by atoms with Gasteiger partial charge in [-0.3, -0.25) is 9.10 Å². The van der Waals surface area contributed by atoms with Crippen molar-refractivity contribution in [2.75, 3.05) is 22.4 Å². The Kier molecular flexibility index (Phi) is 4.91. The normalized spacial score (nSPS) is 14.3. The summed E-state index contributed by atoms with van der Waals surface area (Å²) in [6, 6.07) is 9.44. The molecular formula is C17H20N2O3S2. The van der Waals surface area contributed by atoms with Gasteiger partial charge in [-0.05, 0) is 54.5 Å². The van der Waals surface area contributed by atoms with Crippen molar-refractivity contribution in [3.63, 3.8) is 0 Å².